The van der Waals surface area contributed by atoms with E-state index in [1.54, 1.807) is 29.2 Å². The molecular weight excluding hydrogens is 291 g/mol. The normalized spacial score (nSPS) is 12.8. The summed E-state index contributed by atoms with van der Waals surface area (Å²) in [6.45, 7) is 3.21. The van der Waals surface area contributed by atoms with Crippen molar-refractivity contribution in [1.82, 2.24) is 5.32 Å². The molecule has 0 saturated heterocycles. The van der Waals surface area contributed by atoms with Crippen LogP contribution in [0.25, 0.3) is 0 Å². The highest BCUT2D eigenvalue weighted by Crippen LogP contribution is 2.19. The van der Waals surface area contributed by atoms with E-state index in [0.717, 1.165) is 10.6 Å². The molecule has 0 aliphatic heterocycles. The van der Waals surface area contributed by atoms with Crippen molar-refractivity contribution in [3.63, 3.8) is 0 Å². The fourth-order valence-electron chi connectivity index (χ4n) is 1.48. The second-order valence-electron chi connectivity index (χ2n) is 4.01. The van der Waals surface area contributed by atoms with E-state index in [1.165, 1.54) is 19.1 Å². The van der Waals surface area contributed by atoms with Gasteiger partial charge in [-0.15, -0.1) is 11.8 Å². The third kappa shape index (κ3) is 4.56. The number of halogens is 3. The number of hydrogen-bond acceptors (Lipinski definition) is 3. The summed E-state index contributed by atoms with van der Waals surface area (Å²) in [5.41, 5.74) is 0.264. The van der Waals surface area contributed by atoms with Crippen LogP contribution in [0.4, 0.5) is 13.2 Å². The lowest BCUT2D eigenvalue weighted by Gasteiger charge is -2.14. The maximum absolute atomic E-state index is 12.1. The number of benzene rings is 1. The third-order valence-corrected chi connectivity index (χ3v) is 3.34. The van der Waals surface area contributed by atoms with E-state index >= 15 is 0 Å². The zero-order chi connectivity index (χ0) is 15.3. The zero-order valence-corrected chi connectivity index (χ0v) is 11.8. The van der Waals surface area contributed by atoms with Crippen LogP contribution in [-0.2, 0) is 4.79 Å². The molecule has 110 valence electrons. The molecule has 0 radical (unpaired) electrons. The fourth-order valence-corrected chi connectivity index (χ4v) is 2.14. The Bertz CT molecular complexity index is 485. The second-order valence-corrected chi connectivity index (χ2v) is 5.35. The Morgan fingerprint density at radius 3 is 2.25 bits per heavy atom. The molecule has 1 rings (SSSR count). The quantitative estimate of drug-likeness (QED) is 0.672. The summed E-state index contributed by atoms with van der Waals surface area (Å²) in [6.07, 6.45) is -4.99. The van der Waals surface area contributed by atoms with E-state index < -0.39 is 23.9 Å². The first-order chi connectivity index (χ1) is 9.25. The van der Waals surface area contributed by atoms with E-state index in [0.29, 0.717) is 0 Å². The predicted octanol–water partition coefficient (Wildman–Crippen LogP) is 3.05. The summed E-state index contributed by atoms with van der Waals surface area (Å²) >= 11 is 1.59. The second kappa shape index (κ2) is 6.78. The average molecular weight is 305 g/mol. The molecule has 0 aliphatic rings. The standard InChI is InChI=1S/C13H14F3NO2S/c1-3-20-10-6-4-9(5-7-10)11(18)8(2)17-12(19)13(14,15)16/h4-8H,3H2,1-2H3,(H,17,19). The van der Waals surface area contributed by atoms with Crippen LogP contribution in [0.1, 0.15) is 24.2 Å². The Kier molecular flexibility index (Phi) is 5.62. The first kappa shape index (κ1) is 16.6. The summed E-state index contributed by atoms with van der Waals surface area (Å²) in [4.78, 5) is 23.6. The summed E-state index contributed by atoms with van der Waals surface area (Å²) in [7, 11) is 0. The molecule has 0 spiro atoms. The maximum Gasteiger partial charge on any atom is 0.471 e. The highest BCUT2D eigenvalue weighted by atomic mass is 32.2. The molecule has 20 heavy (non-hydrogen) atoms. The highest BCUT2D eigenvalue weighted by Gasteiger charge is 2.40. The van der Waals surface area contributed by atoms with E-state index in [2.05, 4.69) is 0 Å². The number of carbonyl (C=O) groups excluding carboxylic acids is 2. The van der Waals surface area contributed by atoms with Crippen LogP contribution in [0.3, 0.4) is 0 Å². The van der Waals surface area contributed by atoms with Crippen molar-refractivity contribution in [2.75, 3.05) is 5.75 Å². The number of hydrogen-bond donors (Lipinski definition) is 1. The Balaban J connectivity index is 2.72. The molecule has 7 heteroatoms. The zero-order valence-electron chi connectivity index (χ0n) is 11.0. The first-order valence-corrected chi connectivity index (χ1v) is 6.89. The van der Waals surface area contributed by atoms with E-state index in [9.17, 15) is 22.8 Å². The molecule has 1 aromatic rings. The van der Waals surface area contributed by atoms with Crippen LogP contribution >= 0.6 is 11.8 Å². The van der Waals surface area contributed by atoms with Crippen molar-refractivity contribution in [2.24, 2.45) is 0 Å². The summed E-state index contributed by atoms with van der Waals surface area (Å²) in [5.74, 6) is -1.79. The van der Waals surface area contributed by atoms with Gasteiger partial charge in [-0.2, -0.15) is 13.2 Å². The third-order valence-electron chi connectivity index (χ3n) is 2.45. The van der Waals surface area contributed by atoms with Crippen molar-refractivity contribution >= 4 is 23.5 Å². The Morgan fingerprint density at radius 1 is 1.25 bits per heavy atom. The molecule has 0 aliphatic carbocycles. The number of thioether (sulfide) groups is 1. The van der Waals surface area contributed by atoms with Gasteiger partial charge in [-0.1, -0.05) is 19.1 Å². The number of ketones is 1. The van der Waals surface area contributed by atoms with E-state index in [4.69, 9.17) is 0 Å². The van der Waals surface area contributed by atoms with Crippen LogP contribution in [0.2, 0.25) is 0 Å². The fraction of sp³-hybridized carbons (Fsp3) is 0.385. The van der Waals surface area contributed by atoms with Gasteiger partial charge < -0.3 is 5.32 Å². The molecule has 0 fully saturated rings. The maximum atomic E-state index is 12.1. The van der Waals surface area contributed by atoms with Crippen LogP contribution in [0.5, 0.6) is 0 Å². The molecule has 3 nitrogen and oxygen atoms in total. The smallest absolute Gasteiger partial charge is 0.338 e. The Hall–Kier alpha value is -1.50. The van der Waals surface area contributed by atoms with Gasteiger partial charge in [0.05, 0.1) is 6.04 Å². The number of nitrogens with one attached hydrogen (secondary N) is 1. The summed E-state index contributed by atoms with van der Waals surface area (Å²) in [5, 5.41) is 1.64. The van der Waals surface area contributed by atoms with Crippen LogP contribution in [0.15, 0.2) is 29.2 Å². The van der Waals surface area contributed by atoms with Crippen molar-refractivity contribution in [1.29, 1.82) is 0 Å². The van der Waals surface area contributed by atoms with Crippen molar-refractivity contribution in [3.05, 3.63) is 29.8 Å². The largest absolute Gasteiger partial charge is 0.471 e. The number of rotatable bonds is 5. The van der Waals surface area contributed by atoms with Crippen molar-refractivity contribution < 1.29 is 22.8 Å². The van der Waals surface area contributed by atoms with Gasteiger partial charge in [-0.25, -0.2) is 0 Å². The van der Waals surface area contributed by atoms with Crippen molar-refractivity contribution in [2.45, 2.75) is 31.0 Å². The van der Waals surface area contributed by atoms with Gasteiger partial charge in [-0.05, 0) is 24.8 Å². The lowest BCUT2D eigenvalue weighted by molar-refractivity contribution is -0.173. The minimum atomic E-state index is -4.99. The Morgan fingerprint density at radius 2 is 1.80 bits per heavy atom. The molecule has 0 saturated carbocycles. The number of carbonyl (C=O) groups is 2. The number of amides is 1. The Labute approximate surface area is 118 Å². The molecule has 0 bridgehead atoms. The van der Waals surface area contributed by atoms with Gasteiger partial charge >= 0.3 is 12.1 Å². The number of Topliss-reactive ketones (excluding diaryl/α,β-unsaturated/α-hetero) is 1. The van der Waals surface area contributed by atoms with Gasteiger partial charge in [0.15, 0.2) is 5.78 Å². The molecule has 1 atom stereocenters. The van der Waals surface area contributed by atoms with Gasteiger partial charge in [0, 0.05) is 10.5 Å². The molecule has 1 amide bonds. The van der Waals surface area contributed by atoms with Crippen LogP contribution in [-0.4, -0.2) is 29.7 Å². The van der Waals surface area contributed by atoms with Crippen LogP contribution < -0.4 is 5.32 Å². The summed E-state index contributed by atoms with van der Waals surface area (Å²) < 4.78 is 36.3. The van der Waals surface area contributed by atoms with E-state index in [-0.39, 0.29) is 5.56 Å². The molecule has 0 aromatic heterocycles. The predicted molar refractivity (Wildman–Crippen MR) is 70.8 cm³/mol. The highest BCUT2D eigenvalue weighted by molar-refractivity contribution is 7.99. The molecular formula is C13H14F3NO2S. The molecule has 1 unspecified atom stereocenters. The van der Waals surface area contributed by atoms with E-state index in [1.807, 2.05) is 6.92 Å². The van der Waals surface area contributed by atoms with Gasteiger partial charge in [0.1, 0.15) is 0 Å². The van der Waals surface area contributed by atoms with Gasteiger partial charge in [-0.3, -0.25) is 9.59 Å². The number of alkyl halides is 3. The molecule has 0 heterocycles. The van der Waals surface area contributed by atoms with Crippen molar-refractivity contribution in [3.8, 4) is 0 Å². The summed E-state index contributed by atoms with van der Waals surface area (Å²) in [6, 6.07) is 5.29. The van der Waals surface area contributed by atoms with Gasteiger partial charge in [0.25, 0.3) is 0 Å². The topological polar surface area (TPSA) is 46.2 Å². The van der Waals surface area contributed by atoms with Crippen LogP contribution in [0, 0.1) is 0 Å². The van der Waals surface area contributed by atoms with Gasteiger partial charge in [0.2, 0.25) is 0 Å². The minimum Gasteiger partial charge on any atom is -0.338 e. The molecule has 1 N–H and O–H groups in total. The monoisotopic (exact) mass is 305 g/mol. The average Bonchev–Trinajstić information content (AvgIpc) is 2.38. The first-order valence-electron chi connectivity index (χ1n) is 5.90. The molecule has 1 aromatic carbocycles. The minimum absolute atomic E-state index is 0.264. The SMILES string of the molecule is CCSc1ccc(C(=O)C(C)NC(=O)C(F)(F)F)cc1. The lowest BCUT2D eigenvalue weighted by Crippen LogP contribution is -2.45. The lowest BCUT2D eigenvalue weighted by atomic mass is 10.1.